The number of nitrogens with zero attached hydrogens (tertiary/aromatic N) is 3. The molecule has 1 aromatic heterocycles. The number of carbonyl (C=O) groups excluding carboxylic acids is 1. The van der Waals surface area contributed by atoms with Crippen molar-refractivity contribution in [3.8, 4) is 0 Å². The summed E-state index contributed by atoms with van der Waals surface area (Å²) in [6.07, 6.45) is 2.72. The molecule has 0 fully saturated rings. The van der Waals surface area contributed by atoms with Gasteiger partial charge in [-0.2, -0.15) is 0 Å². The summed E-state index contributed by atoms with van der Waals surface area (Å²) in [4.78, 5) is 21.3. The molecule has 4 rings (SSSR count). The van der Waals surface area contributed by atoms with E-state index in [0.717, 1.165) is 36.6 Å². The Kier molecular flexibility index (Phi) is 4.98. The van der Waals surface area contributed by atoms with Gasteiger partial charge in [0.2, 0.25) is 0 Å². The average molecular weight is 372 g/mol. The van der Waals surface area contributed by atoms with E-state index in [1.807, 2.05) is 55.4 Å². The van der Waals surface area contributed by atoms with Crippen LogP contribution < -0.4 is 15.1 Å². The van der Waals surface area contributed by atoms with Gasteiger partial charge in [0, 0.05) is 50.4 Å². The zero-order valence-corrected chi connectivity index (χ0v) is 16.2. The lowest BCUT2D eigenvalue weighted by Gasteiger charge is -2.30. The Bertz CT molecular complexity index is 982. The third-order valence-corrected chi connectivity index (χ3v) is 5.11. The van der Waals surface area contributed by atoms with Gasteiger partial charge in [0.1, 0.15) is 5.69 Å². The molecule has 0 saturated heterocycles. The maximum Gasteiger partial charge on any atom is 0.274 e. The molecule has 142 valence electrons. The van der Waals surface area contributed by atoms with E-state index in [4.69, 9.17) is 0 Å². The van der Waals surface area contributed by atoms with Crippen LogP contribution in [0, 0.1) is 0 Å². The van der Waals surface area contributed by atoms with Gasteiger partial charge < -0.3 is 15.1 Å². The Morgan fingerprint density at radius 1 is 1.04 bits per heavy atom. The summed E-state index contributed by atoms with van der Waals surface area (Å²) in [5.74, 6) is -0.197. The first-order valence-corrected chi connectivity index (χ1v) is 9.47. The van der Waals surface area contributed by atoms with Crippen LogP contribution in [0.4, 0.5) is 17.1 Å². The minimum atomic E-state index is -0.197. The number of pyridine rings is 1. The van der Waals surface area contributed by atoms with Gasteiger partial charge in [0.25, 0.3) is 5.91 Å². The molecule has 28 heavy (non-hydrogen) atoms. The van der Waals surface area contributed by atoms with Crippen molar-refractivity contribution in [2.45, 2.75) is 13.0 Å². The van der Waals surface area contributed by atoms with Crippen molar-refractivity contribution in [2.75, 3.05) is 35.8 Å². The second-order valence-electron chi connectivity index (χ2n) is 7.23. The lowest BCUT2D eigenvalue weighted by molar-refractivity contribution is 0.102. The molecular formula is C23H24N4O. The number of hydrogen-bond acceptors (Lipinski definition) is 4. The molecule has 5 nitrogen and oxygen atoms in total. The molecule has 0 aliphatic carbocycles. The molecule has 3 aromatic rings. The Hall–Kier alpha value is -3.34. The maximum atomic E-state index is 12.7. The summed E-state index contributed by atoms with van der Waals surface area (Å²) in [6.45, 7) is 1.79. The first kappa shape index (κ1) is 18.0. The Morgan fingerprint density at radius 3 is 2.54 bits per heavy atom. The molecule has 0 spiro atoms. The minimum Gasteiger partial charge on any atom is -0.378 e. The van der Waals surface area contributed by atoms with Crippen molar-refractivity contribution >= 4 is 23.0 Å². The van der Waals surface area contributed by atoms with Crippen LogP contribution in [0.3, 0.4) is 0 Å². The summed E-state index contributed by atoms with van der Waals surface area (Å²) >= 11 is 0. The van der Waals surface area contributed by atoms with Gasteiger partial charge in [-0.05, 0) is 53.9 Å². The molecule has 2 heterocycles. The average Bonchev–Trinajstić information content (AvgIpc) is 2.74. The van der Waals surface area contributed by atoms with Crippen molar-refractivity contribution in [3.05, 3.63) is 83.7 Å². The van der Waals surface area contributed by atoms with Crippen molar-refractivity contribution < 1.29 is 4.79 Å². The fraction of sp³-hybridized carbons (Fsp3) is 0.217. The Labute approximate surface area is 165 Å². The van der Waals surface area contributed by atoms with Gasteiger partial charge in [-0.3, -0.25) is 9.78 Å². The molecular weight excluding hydrogens is 348 g/mol. The number of rotatable bonds is 4. The summed E-state index contributed by atoms with van der Waals surface area (Å²) < 4.78 is 0. The Balaban J connectivity index is 1.48. The van der Waals surface area contributed by atoms with Crippen LogP contribution in [0.1, 0.15) is 21.6 Å². The largest absolute Gasteiger partial charge is 0.378 e. The smallest absolute Gasteiger partial charge is 0.274 e. The number of hydrogen-bond donors (Lipinski definition) is 1. The van der Waals surface area contributed by atoms with Crippen LogP contribution in [0.15, 0.2) is 66.9 Å². The number of amides is 1. The van der Waals surface area contributed by atoms with Crippen molar-refractivity contribution in [3.63, 3.8) is 0 Å². The summed E-state index contributed by atoms with van der Waals surface area (Å²) in [7, 11) is 3.98. The van der Waals surface area contributed by atoms with E-state index in [1.165, 1.54) is 11.1 Å². The third kappa shape index (κ3) is 3.83. The predicted molar refractivity (Wildman–Crippen MR) is 114 cm³/mol. The molecule has 0 radical (unpaired) electrons. The summed E-state index contributed by atoms with van der Waals surface area (Å²) in [5.41, 5.74) is 6.05. The molecule has 5 heteroatoms. The predicted octanol–water partition coefficient (Wildman–Crippen LogP) is 3.96. The molecule has 0 bridgehead atoms. The number of nitrogens with one attached hydrogen (secondary N) is 1. The van der Waals surface area contributed by atoms with E-state index in [1.54, 1.807) is 6.20 Å². The molecule has 1 N–H and O–H groups in total. The van der Waals surface area contributed by atoms with Crippen LogP contribution >= 0.6 is 0 Å². The van der Waals surface area contributed by atoms with Gasteiger partial charge >= 0.3 is 0 Å². The van der Waals surface area contributed by atoms with Crippen LogP contribution in [0.2, 0.25) is 0 Å². The van der Waals surface area contributed by atoms with Gasteiger partial charge in [-0.1, -0.05) is 24.3 Å². The van der Waals surface area contributed by atoms with E-state index in [9.17, 15) is 4.79 Å². The second-order valence-corrected chi connectivity index (χ2v) is 7.23. The van der Waals surface area contributed by atoms with E-state index in [2.05, 4.69) is 39.5 Å². The molecule has 0 unspecified atom stereocenters. The zero-order chi connectivity index (χ0) is 19.5. The van der Waals surface area contributed by atoms with Crippen molar-refractivity contribution in [2.24, 2.45) is 0 Å². The van der Waals surface area contributed by atoms with Crippen molar-refractivity contribution in [1.82, 2.24) is 4.98 Å². The molecule has 0 atom stereocenters. The first-order chi connectivity index (χ1) is 13.6. The van der Waals surface area contributed by atoms with Crippen LogP contribution in [-0.4, -0.2) is 31.5 Å². The van der Waals surface area contributed by atoms with Crippen molar-refractivity contribution in [1.29, 1.82) is 0 Å². The topological polar surface area (TPSA) is 48.5 Å². The van der Waals surface area contributed by atoms with E-state index in [-0.39, 0.29) is 5.91 Å². The van der Waals surface area contributed by atoms with Gasteiger partial charge in [0.15, 0.2) is 0 Å². The fourth-order valence-electron chi connectivity index (χ4n) is 3.49. The molecule has 1 aliphatic rings. The maximum absolute atomic E-state index is 12.7. The first-order valence-electron chi connectivity index (χ1n) is 9.47. The van der Waals surface area contributed by atoms with Crippen LogP contribution in [-0.2, 0) is 13.0 Å². The van der Waals surface area contributed by atoms with Gasteiger partial charge in [-0.25, -0.2) is 0 Å². The molecule has 1 aliphatic heterocycles. The third-order valence-electron chi connectivity index (χ3n) is 5.11. The highest BCUT2D eigenvalue weighted by Crippen LogP contribution is 2.25. The normalized spacial score (nSPS) is 13.0. The fourth-order valence-corrected chi connectivity index (χ4v) is 3.49. The minimum absolute atomic E-state index is 0.197. The van der Waals surface area contributed by atoms with E-state index < -0.39 is 0 Å². The number of carbonyl (C=O) groups is 1. The summed E-state index contributed by atoms with van der Waals surface area (Å²) in [6, 6.07) is 20.1. The lowest BCUT2D eigenvalue weighted by Crippen LogP contribution is -2.30. The van der Waals surface area contributed by atoms with E-state index in [0.29, 0.717) is 5.69 Å². The zero-order valence-electron chi connectivity index (χ0n) is 16.2. The quantitative estimate of drug-likeness (QED) is 0.753. The second kappa shape index (κ2) is 7.72. The molecule has 1 amide bonds. The Morgan fingerprint density at radius 2 is 1.79 bits per heavy atom. The summed E-state index contributed by atoms with van der Waals surface area (Å²) in [5, 5.41) is 2.93. The van der Waals surface area contributed by atoms with Crippen LogP contribution in [0.25, 0.3) is 0 Å². The monoisotopic (exact) mass is 372 g/mol. The molecule has 0 saturated carbocycles. The molecule has 2 aromatic carbocycles. The lowest BCUT2D eigenvalue weighted by atomic mass is 9.99. The number of anilines is 3. The highest BCUT2D eigenvalue weighted by molar-refractivity contribution is 6.03. The van der Waals surface area contributed by atoms with Gasteiger partial charge in [-0.15, -0.1) is 0 Å². The highest BCUT2D eigenvalue weighted by Gasteiger charge is 2.17. The SMILES string of the molecule is CN(C)c1ccc(NC(=O)c2cc(N3CCc4ccccc4C3)ccn2)cc1. The standard InChI is InChI=1S/C23H24N4O/c1-26(2)20-9-7-19(8-10-20)25-23(28)22-15-21(11-13-24-22)27-14-12-17-5-3-4-6-18(17)16-27/h3-11,13,15H,12,14,16H2,1-2H3,(H,25,28). The number of fused-ring (bicyclic) bond motifs is 1. The van der Waals surface area contributed by atoms with Crippen LogP contribution in [0.5, 0.6) is 0 Å². The number of benzene rings is 2. The van der Waals surface area contributed by atoms with Gasteiger partial charge in [0.05, 0.1) is 0 Å². The van der Waals surface area contributed by atoms with E-state index >= 15 is 0 Å². The highest BCUT2D eigenvalue weighted by atomic mass is 16.1. The number of aromatic nitrogens is 1.